The van der Waals surface area contributed by atoms with Crippen LogP contribution >= 0.6 is 0 Å². The van der Waals surface area contributed by atoms with Crippen molar-refractivity contribution in [3.8, 4) is 0 Å². The zero-order valence-electron chi connectivity index (χ0n) is 14.7. The van der Waals surface area contributed by atoms with Crippen molar-refractivity contribution in [2.75, 3.05) is 10.6 Å². The molecule has 0 spiro atoms. The number of amides is 1. The Labute approximate surface area is 146 Å². The van der Waals surface area contributed by atoms with Gasteiger partial charge in [0.1, 0.15) is 5.82 Å². The number of hydrogen-bond donors (Lipinski definition) is 4. The van der Waals surface area contributed by atoms with Crippen molar-refractivity contribution in [3.05, 3.63) is 41.0 Å². The molecule has 0 unspecified atom stereocenters. The predicted octanol–water partition coefficient (Wildman–Crippen LogP) is 2.22. The number of pyridine rings is 2. The number of nitrogens with zero attached hydrogens (tertiary/aromatic N) is 2. The van der Waals surface area contributed by atoms with Crippen LogP contribution in [0.3, 0.4) is 0 Å². The number of carbonyl (C=O) groups is 1. The van der Waals surface area contributed by atoms with Gasteiger partial charge < -0.3 is 22.1 Å². The molecule has 2 atom stereocenters. The molecule has 25 heavy (non-hydrogen) atoms. The lowest BCUT2D eigenvalue weighted by Crippen LogP contribution is -2.35. The molecule has 0 aliphatic carbocycles. The van der Waals surface area contributed by atoms with E-state index in [-0.39, 0.29) is 29.3 Å². The van der Waals surface area contributed by atoms with Crippen LogP contribution in [0.1, 0.15) is 35.5 Å². The number of rotatable bonds is 6. The monoisotopic (exact) mass is 346 g/mol. The largest absolute Gasteiger partial charge is 0.365 e. The first-order valence-corrected chi connectivity index (χ1v) is 7.91. The van der Waals surface area contributed by atoms with Gasteiger partial charge in [0.2, 0.25) is 0 Å². The van der Waals surface area contributed by atoms with Crippen molar-refractivity contribution in [3.63, 3.8) is 0 Å². The average Bonchev–Trinajstić information content (AvgIpc) is 2.53. The fourth-order valence-corrected chi connectivity index (χ4v) is 2.07. The lowest BCUT2D eigenvalue weighted by molar-refractivity contribution is 0.100. The Balaban J connectivity index is 2.42. The molecule has 2 rings (SSSR count). The number of nitrogens with one attached hydrogen (secondary N) is 2. The highest BCUT2D eigenvalue weighted by Crippen LogP contribution is 2.24. The van der Waals surface area contributed by atoms with Crippen molar-refractivity contribution in [1.29, 1.82) is 0 Å². The van der Waals surface area contributed by atoms with Crippen molar-refractivity contribution < 1.29 is 9.18 Å². The summed E-state index contributed by atoms with van der Waals surface area (Å²) in [5.74, 6) is -1.31. The second-order valence-corrected chi connectivity index (χ2v) is 6.12. The van der Waals surface area contributed by atoms with Gasteiger partial charge in [0.05, 0.1) is 17.4 Å². The van der Waals surface area contributed by atoms with Crippen molar-refractivity contribution >= 4 is 23.2 Å². The Morgan fingerprint density at radius 3 is 2.48 bits per heavy atom. The van der Waals surface area contributed by atoms with Gasteiger partial charge in [-0.05, 0) is 45.4 Å². The van der Waals surface area contributed by atoms with E-state index < -0.39 is 11.7 Å². The number of halogens is 1. The molecule has 2 aromatic rings. The van der Waals surface area contributed by atoms with E-state index in [9.17, 15) is 9.18 Å². The Morgan fingerprint density at radius 2 is 1.92 bits per heavy atom. The van der Waals surface area contributed by atoms with E-state index in [0.29, 0.717) is 5.69 Å². The zero-order valence-corrected chi connectivity index (χ0v) is 14.7. The smallest absolute Gasteiger partial charge is 0.252 e. The molecule has 6 N–H and O–H groups in total. The summed E-state index contributed by atoms with van der Waals surface area (Å²) in [6.07, 6.45) is 1.61. The fourth-order valence-electron chi connectivity index (χ4n) is 2.07. The maximum absolute atomic E-state index is 14.3. The third-order valence-corrected chi connectivity index (χ3v) is 4.00. The summed E-state index contributed by atoms with van der Waals surface area (Å²) in [7, 11) is 0. The lowest BCUT2D eigenvalue weighted by Gasteiger charge is -2.20. The summed E-state index contributed by atoms with van der Waals surface area (Å²) >= 11 is 0. The summed E-state index contributed by atoms with van der Waals surface area (Å²) in [5, 5.41) is 5.88. The topological polar surface area (TPSA) is 119 Å². The minimum absolute atomic E-state index is 0.00547. The van der Waals surface area contributed by atoms with E-state index in [1.165, 1.54) is 0 Å². The van der Waals surface area contributed by atoms with E-state index in [1.54, 1.807) is 13.1 Å². The summed E-state index contributed by atoms with van der Waals surface area (Å²) < 4.78 is 14.3. The molecule has 0 aliphatic rings. The molecule has 134 valence electrons. The van der Waals surface area contributed by atoms with Gasteiger partial charge in [-0.15, -0.1) is 0 Å². The third kappa shape index (κ3) is 4.42. The molecule has 7 nitrogen and oxygen atoms in total. The first-order valence-electron chi connectivity index (χ1n) is 7.91. The van der Waals surface area contributed by atoms with Gasteiger partial charge in [0.25, 0.3) is 5.91 Å². The van der Waals surface area contributed by atoms with Crippen LogP contribution in [0.25, 0.3) is 0 Å². The third-order valence-electron chi connectivity index (χ3n) is 4.00. The molecular formula is C17H23FN6O. The van der Waals surface area contributed by atoms with E-state index in [4.69, 9.17) is 11.5 Å². The molecule has 1 amide bonds. The van der Waals surface area contributed by atoms with Crippen molar-refractivity contribution in [1.82, 2.24) is 9.97 Å². The molecule has 0 saturated carbocycles. The van der Waals surface area contributed by atoms with Gasteiger partial charge in [-0.2, -0.15) is 0 Å². The van der Waals surface area contributed by atoms with Crippen LogP contribution in [0.4, 0.5) is 21.7 Å². The van der Waals surface area contributed by atoms with Crippen LogP contribution in [-0.2, 0) is 0 Å². The summed E-state index contributed by atoms with van der Waals surface area (Å²) in [5.41, 5.74) is 13.6. The van der Waals surface area contributed by atoms with Crippen LogP contribution in [0.15, 0.2) is 18.3 Å². The number of carbonyl (C=O) groups excluding carboxylic acids is 1. The van der Waals surface area contributed by atoms with E-state index in [2.05, 4.69) is 20.6 Å². The van der Waals surface area contributed by atoms with Gasteiger partial charge >= 0.3 is 0 Å². The Kier molecular flexibility index (Phi) is 5.53. The minimum Gasteiger partial charge on any atom is -0.365 e. The number of hydrogen-bond acceptors (Lipinski definition) is 6. The Bertz CT molecular complexity index is 793. The quantitative estimate of drug-likeness (QED) is 0.637. The van der Waals surface area contributed by atoms with Crippen molar-refractivity contribution in [2.24, 2.45) is 11.5 Å². The predicted molar refractivity (Wildman–Crippen MR) is 96.4 cm³/mol. The number of primary amides is 1. The van der Waals surface area contributed by atoms with Gasteiger partial charge in [-0.1, -0.05) is 0 Å². The average molecular weight is 346 g/mol. The molecule has 0 radical (unpaired) electrons. The van der Waals surface area contributed by atoms with E-state index in [1.807, 2.05) is 26.8 Å². The van der Waals surface area contributed by atoms with Crippen molar-refractivity contribution in [2.45, 2.75) is 39.8 Å². The van der Waals surface area contributed by atoms with Crippen LogP contribution in [0.2, 0.25) is 0 Å². The first kappa shape index (κ1) is 18.6. The van der Waals surface area contributed by atoms with Gasteiger partial charge in [0, 0.05) is 17.8 Å². The first-order chi connectivity index (χ1) is 11.7. The highest BCUT2D eigenvalue weighted by atomic mass is 19.1. The van der Waals surface area contributed by atoms with Crippen LogP contribution in [-0.4, -0.2) is 28.0 Å². The standard InChI is InChI=1S/C17H23FN6O/c1-8-5-12(7-21-10(8)3)23-16-13(15(20)25)6-14(18)17(24-16)22-11(4)9(2)19/h5-7,9,11H,19H2,1-4H3,(H2,20,25)(H2,22,23,24)/t9-,11+/m0/s1. The molecule has 8 heteroatoms. The van der Waals surface area contributed by atoms with Gasteiger partial charge in [-0.3, -0.25) is 9.78 Å². The Hall–Kier alpha value is -2.74. The van der Waals surface area contributed by atoms with E-state index >= 15 is 0 Å². The normalized spacial score (nSPS) is 13.2. The highest BCUT2D eigenvalue weighted by molar-refractivity contribution is 5.98. The fraction of sp³-hybridized carbons (Fsp3) is 0.353. The molecule has 0 saturated heterocycles. The highest BCUT2D eigenvalue weighted by Gasteiger charge is 2.18. The number of nitrogens with two attached hydrogens (primary N) is 2. The SMILES string of the molecule is Cc1cc(Nc2nc(N[C@H](C)[C@H](C)N)c(F)cc2C(N)=O)cnc1C. The second kappa shape index (κ2) is 7.43. The minimum atomic E-state index is -0.780. The van der Waals surface area contributed by atoms with E-state index in [0.717, 1.165) is 17.3 Å². The van der Waals surface area contributed by atoms with Gasteiger partial charge in [-0.25, -0.2) is 9.37 Å². The van der Waals surface area contributed by atoms with Crippen LogP contribution in [0.5, 0.6) is 0 Å². The lowest BCUT2D eigenvalue weighted by atomic mass is 10.1. The summed E-state index contributed by atoms with van der Waals surface area (Å²) in [4.78, 5) is 20.1. The molecule has 0 bridgehead atoms. The second-order valence-electron chi connectivity index (χ2n) is 6.12. The van der Waals surface area contributed by atoms with Crippen LogP contribution < -0.4 is 22.1 Å². The number of aryl methyl sites for hydroxylation is 2. The summed E-state index contributed by atoms with van der Waals surface area (Å²) in [6.45, 7) is 7.42. The molecule has 0 aliphatic heterocycles. The molecule has 2 heterocycles. The maximum Gasteiger partial charge on any atom is 0.252 e. The summed E-state index contributed by atoms with van der Waals surface area (Å²) in [6, 6.07) is 2.49. The molecular weight excluding hydrogens is 323 g/mol. The molecule has 0 fully saturated rings. The number of anilines is 3. The van der Waals surface area contributed by atoms with Crippen LogP contribution in [0, 0.1) is 19.7 Å². The molecule has 2 aromatic heterocycles. The Morgan fingerprint density at radius 1 is 1.24 bits per heavy atom. The zero-order chi connectivity index (χ0) is 18.7. The van der Waals surface area contributed by atoms with Gasteiger partial charge in [0.15, 0.2) is 11.6 Å². The molecule has 0 aromatic carbocycles. The maximum atomic E-state index is 14.3. The number of aromatic nitrogens is 2.